The Morgan fingerprint density at radius 3 is 2.69 bits per heavy atom. The number of hydrogen-bond acceptors (Lipinski definition) is 2. The number of aromatic nitrogens is 1. The van der Waals surface area contributed by atoms with Crippen molar-refractivity contribution in [3.63, 3.8) is 0 Å². The van der Waals surface area contributed by atoms with Crippen molar-refractivity contribution >= 4 is 39.0 Å². The van der Waals surface area contributed by atoms with Crippen LogP contribution in [0.5, 0.6) is 0 Å². The highest BCUT2D eigenvalue weighted by atomic mass is 79.9. The van der Waals surface area contributed by atoms with Crippen molar-refractivity contribution in [1.29, 1.82) is 0 Å². The molecule has 0 saturated heterocycles. The van der Waals surface area contributed by atoms with Gasteiger partial charge in [0, 0.05) is 10.7 Å². The van der Waals surface area contributed by atoms with Crippen LogP contribution in [0.3, 0.4) is 0 Å². The molecule has 5 heteroatoms. The highest BCUT2D eigenvalue weighted by molar-refractivity contribution is 9.10. The Hall–Kier alpha value is -1.13. The molecule has 1 N–H and O–H groups in total. The zero-order valence-electron chi connectivity index (χ0n) is 8.05. The molecule has 0 radical (unpaired) electrons. The average Bonchev–Trinajstić information content (AvgIpc) is 2.25. The lowest BCUT2D eigenvalue weighted by atomic mass is 10.3. The lowest BCUT2D eigenvalue weighted by Crippen LogP contribution is -1.94. The molecule has 0 aliphatic rings. The molecule has 0 aliphatic heterocycles. The van der Waals surface area contributed by atoms with Gasteiger partial charge in [-0.15, -0.1) is 0 Å². The van der Waals surface area contributed by atoms with Crippen molar-refractivity contribution in [3.05, 3.63) is 51.8 Å². The van der Waals surface area contributed by atoms with Crippen LogP contribution in [0.4, 0.5) is 15.9 Å². The normalized spacial score (nSPS) is 10.2. The number of halogens is 3. The van der Waals surface area contributed by atoms with Gasteiger partial charge in [-0.2, -0.15) is 0 Å². The standard InChI is InChI=1S/C11H7BrClFN2/c12-9-5-8(14)2-3-10(9)16-11-4-1-7(13)6-15-11/h1-6H,(H,15,16). The van der Waals surface area contributed by atoms with Crippen molar-refractivity contribution in [2.45, 2.75) is 0 Å². The monoisotopic (exact) mass is 300 g/mol. The Kier molecular flexibility index (Phi) is 3.41. The van der Waals surface area contributed by atoms with Crippen LogP contribution in [0.15, 0.2) is 41.0 Å². The Morgan fingerprint density at radius 2 is 2.06 bits per heavy atom. The number of nitrogens with one attached hydrogen (secondary N) is 1. The SMILES string of the molecule is Fc1ccc(Nc2ccc(Cl)cn2)c(Br)c1. The van der Waals surface area contributed by atoms with Crippen LogP contribution >= 0.6 is 27.5 Å². The number of pyridine rings is 1. The molecule has 82 valence electrons. The molecule has 2 aromatic rings. The second-order valence-corrected chi connectivity index (χ2v) is 4.40. The molecule has 16 heavy (non-hydrogen) atoms. The van der Waals surface area contributed by atoms with Gasteiger partial charge in [-0.3, -0.25) is 0 Å². The predicted octanol–water partition coefficient (Wildman–Crippen LogP) is 4.38. The van der Waals surface area contributed by atoms with E-state index in [0.717, 1.165) is 5.69 Å². The summed E-state index contributed by atoms with van der Waals surface area (Å²) in [5.74, 6) is 0.359. The smallest absolute Gasteiger partial charge is 0.130 e. The third-order valence-corrected chi connectivity index (χ3v) is 2.80. The highest BCUT2D eigenvalue weighted by Gasteiger charge is 2.02. The second kappa shape index (κ2) is 4.80. The quantitative estimate of drug-likeness (QED) is 0.890. The molecule has 0 fully saturated rings. The molecule has 2 rings (SSSR count). The zero-order chi connectivity index (χ0) is 11.5. The Labute approximate surface area is 106 Å². The molecular formula is C11H7BrClFN2. The lowest BCUT2D eigenvalue weighted by Gasteiger charge is -2.07. The van der Waals surface area contributed by atoms with Crippen LogP contribution in [-0.4, -0.2) is 4.98 Å². The van der Waals surface area contributed by atoms with Crippen molar-refractivity contribution < 1.29 is 4.39 Å². The number of hydrogen-bond donors (Lipinski definition) is 1. The molecule has 0 amide bonds. The zero-order valence-corrected chi connectivity index (χ0v) is 10.4. The number of nitrogens with zero attached hydrogens (tertiary/aromatic N) is 1. The van der Waals surface area contributed by atoms with Gasteiger partial charge in [0.25, 0.3) is 0 Å². The van der Waals surface area contributed by atoms with E-state index in [0.29, 0.717) is 15.3 Å². The van der Waals surface area contributed by atoms with Crippen LogP contribution in [0.2, 0.25) is 5.02 Å². The minimum Gasteiger partial charge on any atom is -0.339 e. The van der Waals surface area contributed by atoms with Gasteiger partial charge < -0.3 is 5.32 Å². The van der Waals surface area contributed by atoms with Crippen molar-refractivity contribution in [3.8, 4) is 0 Å². The highest BCUT2D eigenvalue weighted by Crippen LogP contribution is 2.25. The molecule has 0 atom stereocenters. The van der Waals surface area contributed by atoms with Crippen molar-refractivity contribution in [2.24, 2.45) is 0 Å². The first kappa shape index (κ1) is 11.4. The summed E-state index contributed by atoms with van der Waals surface area (Å²) in [5.41, 5.74) is 0.747. The van der Waals surface area contributed by atoms with Gasteiger partial charge in [0.05, 0.1) is 10.7 Å². The first-order valence-electron chi connectivity index (χ1n) is 4.49. The van der Waals surface area contributed by atoms with E-state index in [4.69, 9.17) is 11.6 Å². The number of benzene rings is 1. The minimum atomic E-state index is -0.290. The third-order valence-electron chi connectivity index (χ3n) is 1.92. The Morgan fingerprint density at radius 1 is 1.25 bits per heavy atom. The molecule has 1 heterocycles. The fourth-order valence-corrected chi connectivity index (χ4v) is 1.74. The first-order chi connectivity index (χ1) is 7.65. The molecule has 1 aromatic heterocycles. The maximum Gasteiger partial charge on any atom is 0.130 e. The maximum atomic E-state index is 12.8. The number of anilines is 2. The summed E-state index contributed by atoms with van der Waals surface area (Å²) in [5, 5.41) is 3.62. The van der Waals surface area contributed by atoms with Gasteiger partial charge in [0.15, 0.2) is 0 Å². The van der Waals surface area contributed by atoms with Gasteiger partial charge in [-0.1, -0.05) is 11.6 Å². The maximum absolute atomic E-state index is 12.8. The summed E-state index contributed by atoms with van der Waals surface area (Å²) in [4.78, 5) is 4.08. The Balaban J connectivity index is 2.23. The summed E-state index contributed by atoms with van der Waals surface area (Å²) in [6, 6.07) is 7.88. The molecule has 0 aliphatic carbocycles. The fraction of sp³-hybridized carbons (Fsp3) is 0. The van der Waals surface area contributed by atoms with Crippen molar-refractivity contribution in [2.75, 3.05) is 5.32 Å². The van der Waals surface area contributed by atoms with E-state index in [9.17, 15) is 4.39 Å². The molecule has 1 aromatic carbocycles. The fourth-order valence-electron chi connectivity index (χ4n) is 1.18. The summed E-state index contributed by atoms with van der Waals surface area (Å²) in [6.07, 6.45) is 1.54. The molecule has 0 unspecified atom stereocenters. The van der Waals surface area contributed by atoms with E-state index in [1.54, 1.807) is 24.4 Å². The van der Waals surface area contributed by atoms with Gasteiger partial charge >= 0.3 is 0 Å². The number of rotatable bonds is 2. The van der Waals surface area contributed by atoms with Gasteiger partial charge in [-0.05, 0) is 46.3 Å². The van der Waals surface area contributed by atoms with Crippen LogP contribution in [-0.2, 0) is 0 Å². The van der Waals surface area contributed by atoms with Crippen LogP contribution in [0.1, 0.15) is 0 Å². The average molecular weight is 302 g/mol. The van der Waals surface area contributed by atoms with E-state index in [1.165, 1.54) is 12.1 Å². The topological polar surface area (TPSA) is 24.9 Å². The largest absolute Gasteiger partial charge is 0.339 e. The molecule has 0 saturated carbocycles. The summed E-state index contributed by atoms with van der Waals surface area (Å²) in [6.45, 7) is 0. The lowest BCUT2D eigenvalue weighted by molar-refractivity contribution is 0.627. The summed E-state index contributed by atoms with van der Waals surface area (Å²) in [7, 11) is 0. The van der Waals surface area contributed by atoms with E-state index >= 15 is 0 Å². The van der Waals surface area contributed by atoms with Crippen LogP contribution in [0, 0.1) is 5.82 Å². The molecule has 0 spiro atoms. The van der Waals surface area contributed by atoms with Gasteiger partial charge in [0.1, 0.15) is 11.6 Å². The van der Waals surface area contributed by atoms with E-state index < -0.39 is 0 Å². The van der Waals surface area contributed by atoms with E-state index in [-0.39, 0.29) is 5.82 Å². The van der Waals surface area contributed by atoms with Gasteiger partial charge in [0.2, 0.25) is 0 Å². The van der Waals surface area contributed by atoms with Crippen molar-refractivity contribution in [1.82, 2.24) is 4.98 Å². The first-order valence-corrected chi connectivity index (χ1v) is 5.66. The summed E-state index contributed by atoms with van der Waals surface area (Å²) >= 11 is 8.98. The summed E-state index contributed by atoms with van der Waals surface area (Å²) < 4.78 is 13.5. The third kappa shape index (κ3) is 2.71. The molecule has 0 bridgehead atoms. The van der Waals surface area contributed by atoms with Gasteiger partial charge in [-0.25, -0.2) is 9.37 Å². The second-order valence-electron chi connectivity index (χ2n) is 3.11. The van der Waals surface area contributed by atoms with Crippen LogP contribution in [0.25, 0.3) is 0 Å². The molecule has 2 nitrogen and oxygen atoms in total. The Bertz CT molecular complexity index is 502. The van der Waals surface area contributed by atoms with Crippen LogP contribution < -0.4 is 5.32 Å². The van der Waals surface area contributed by atoms with E-state index in [1.807, 2.05) is 0 Å². The molecular weight excluding hydrogens is 294 g/mol. The van der Waals surface area contributed by atoms with E-state index in [2.05, 4.69) is 26.2 Å². The predicted molar refractivity (Wildman–Crippen MR) is 66.6 cm³/mol. The minimum absolute atomic E-state index is 0.290.